The van der Waals surface area contributed by atoms with E-state index in [0.717, 1.165) is 11.1 Å². The van der Waals surface area contributed by atoms with Crippen molar-refractivity contribution in [2.75, 3.05) is 6.54 Å². The summed E-state index contributed by atoms with van der Waals surface area (Å²) in [6, 6.07) is 3.81. The number of nitrogens with zero attached hydrogens (tertiary/aromatic N) is 2. The minimum Gasteiger partial charge on any atom is -0.330 e. The zero-order chi connectivity index (χ0) is 9.80. The molecule has 2 rings (SSSR count). The van der Waals surface area contributed by atoms with Gasteiger partial charge in [0.15, 0.2) is 5.65 Å². The molecule has 0 saturated carbocycles. The summed E-state index contributed by atoms with van der Waals surface area (Å²) in [5, 5.41) is 7.83. The van der Waals surface area contributed by atoms with Crippen LogP contribution in [-0.2, 0) is 0 Å². The molecule has 0 fully saturated rings. The average molecular weight is 186 g/mol. The Balaban J connectivity index is 2.40. The van der Waals surface area contributed by atoms with E-state index in [1.807, 2.05) is 12.1 Å². The lowest BCUT2D eigenvalue weighted by Gasteiger charge is -1.85. The summed E-state index contributed by atoms with van der Waals surface area (Å²) in [6.45, 7) is 0.581. The molecule has 2 heterocycles. The Morgan fingerprint density at radius 3 is 3.29 bits per heavy atom. The first-order chi connectivity index (χ1) is 6.92. The molecule has 0 aliphatic rings. The van der Waals surface area contributed by atoms with Crippen molar-refractivity contribution in [1.29, 1.82) is 0 Å². The Kier molecular flexibility index (Phi) is 2.43. The lowest BCUT2D eigenvalue weighted by atomic mass is 10.2. The van der Waals surface area contributed by atoms with E-state index < -0.39 is 0 Å². The van der Waals surface area contributed by atoms with E-state index in [4.69, 9.17) is 5.73 Å². The van der Waals surface area contributed by atoms with Crippen molar-refractivity contribution >= 4 is 11.0 Å². The Bertz CT molecular complexity index is 489. The van der Waals surface area contributed by atoms with Crippen LogP contribution >= 0.6 is 0 Å². The second-order valence-corrected chi connectivity index (χ2v) is 2.81. The first-order valence-electron chi connectivity index (χ1n) is 4.40. The number of H-pyrrole nitrogens is 1. The molecule has 0 radical (unpaired) electrons. The molecule has 0 saturated heterocycles. The fourth-order valence-electron chi connectivity index (χ4n) is 1.17. The Hall–Kier alpha value is -1.86. The quantitative estimate of drug-likeness (QED) is 0.643. The molecule has 3 N–H and O–H groups in total. The van der Waals surface area contributed by atoms with E-state index in [9.17, 15) is 0 Å². The summed E-state index contributed by atoms with van der Waals surface area (Å²) in [5.41, 5.74) is 6.85. The minimum absolute atomic E-state index is 0.581. The summed E-state index contributed by atoms with van der Waals surface area (Å²) in [6.07, 6.45) is 2.40. The third-order valence-corrected chi connectivity index (χ3v) is 1.81. The van der Waals surface area contributed by atoms with Crippen LogP contribution in [0.2, 0.25) is 0 Å². The van der Waals surface area contributed by atoms with Gasteiger partial charge < -0.3 is 5.73 Å². The van der Waals surface area contributed by atoms with E-state index in [2.05, 4.69) is 27.0 Å². The van der Waals surface area contributed by atoms with Crippen LogP contribution in [0.25, 0.3) is 11.0 Å². The van der Waals surface area contributed by atoms with Gasteiger partial charge >= 0.3 is 0 Å². The maximum atomic E-state index is 5.34. The third-order valence-electron chi connectivity index (χ3n) is 1.81. The third kappa shape index (κ3) is 1.58. The van der Waals surface area contributed by atoms with Gasteiger partial charge in [0.1, 0.15) is 5.69 Å². The van der Waals surface area contributed by atoms with Gasteiger partial charge in [-0.25, -0.2) is 4.98 Å². The highest BCUT2D eigenvalue weighted by molar-refractivity contribution is 5.80. The predicted octanol–water partition coefficient (Wildman–Crippen LogP) is 0.658. The number of nitrogens with two attached hydrogens (primary N) is 1. The fourth-order valence-corrected chi connectivity index (χ4v) is 1.17. The summed E-state index contributed by atoms with van der Waals surface area (Å²) in [4.78, 5) is 4.10. The highest BCUT2D eigenvalue weighted by Gasteiger charge is 2.01. The molecule has 0 aromatic carbocycles. The topological polar surface area (TPSA) is 67.6 Å². The first kappa shape index (κ1) is 8.73. The van der Waals surface area contributed by atoms with Crippen LogP contribution in [-0.4, -0.2) is 21.7 Å². The highest BCUT2D eigenvalue weighted by Crippen LogP contribution is 2.10. The van der Waals surface area contributed by atoms with Crippen molar-refractivity contribution in [3.8, 4) is 11.8 Å². The van der Waals surface area contributed by atoms with Crippen molar-refractivity contribution in [3.63, 3.8) is 0 Å². The van der Waals surface area contributed by atoms with Crippen LogP contribution in [0.3, 0.4) is 0 Å². The molecule has 14 heavy (non-hydrogen) atoms. The second-order valence-electron chi connectivity index (χ2n) is 2.81. The van der Waals surface area contributed by atoms with Crippen molar-refractivity contribution < 1.29 is 0 Å². The van der Waals surface area contributed by atoms with Crippen molar-refractivity contribution in [2.45, 2.75) is 6.42 Å². The van der Waals surface area contributed by atoms with Gasteiger partial charge in [-0.05, 0) is 18.1 Å². The molecule has 0 aliphatic carbocycles. The molecule has 0 bridgehead atoms. The van der Waals surface area contributed by atoms with Gasteiger partial charge in [0.25, 0.3) is 0 Å². The fraction of sp³-hybridized carbons (Fsp3) is 0.200. The molecular formula is C10H10N4. The number of aromatic nitrogens is 3. The normalized spacial score (nSPS) is 9.79. The Labute approximate surface area is 81.5 Å². The first-order valence-corrected chi connectivity index (χ1v) is 4.40. The van der Waals surface area contributed by atoms with E-state index in [-0.39, 0.29) is 0 Å². The summed E-state index contributed by atoms with van der Waals surface area (Å²) < 4.78 is 0. The maximum Gasteiger partial charge on any atom is 0.182 e. The van der Waals surface area contributed by atoms with Crippen LogP contribution in [0.5, 0.6) is 0 Å². The molecule has 70 valence electrons. The largest absolute Gasteiger partial charge is 0.330 e. The molecule has 0 spiro atoms. The molecular weight excluding hydrogens is 176 g/mol. The molecule has 4 heteroatoms. The SMILES string of the molecule is NCCC#Cc1[nH]nc2ncccc12. The van der Waals surface area contributed by atoms with Gasteiger partial charge in [0.05, 0.1) is 5.39 Å². The number of hydrogen-bond acceptors (Lipinski definition) is 3. The standard InChI is InChI=1S/C10H10N4/c11-6-2-1-5-9-8-4-3-7-12-10(8)14-13-9/h3-4,7H,2,6,11H2,(H,12,13,14). The van der Waals surface area contributed by atoms with E-state index in [0.29, 0.717) is 18.6 Å². The second kappa shape index (κ2) is 3.90. The smallest absolute Gasteiger partial charge is 0.182 e. The molecule has 0 amide bonds. The van der Waals surface area contributed by atoms with Gasteiger partial charge in [0.2, 0.25) is 0 Å². The minimum atomic E-state index is 0.581. The van der Waals surface area contributed by atoms with Gasteiger partial charge in [0, 0.05) is 19.2 Å². The van der Waals surface area contributed by atoms with E-state index in [1.54, 1.807) is 6.20 Å². The Morgan fingerprint density at radius 1 is 1.50 bits per heavy atom. The monoisotopic (exact) mass is 186 g/mol. The van der Waals surface area contributed by atoms with Crippen molar-refractivity contribution in [1.82, 2.24) is 15.2 Å². The summed E-state index contributed by atoms with van der Waals surface area (Å²) in [7, 11) is 0. The number of hydrogen-bond donors (Lipinski definition) is 2. The van der Waals surface area contributed by atoms with Crippen molar-refractivity contribution in [2.24, 2.45) is 5.73 Å². The van der Waals surface area contributed by atoms with Crippen LogP contribution in [0.1, 0.15) is 12.1 Å². The molecule has 2 aromatic rings. The predicted molar refractivity (Wildman–Crippen MR) is 54.4 cm³/mol. The van der Waals surface area contributed by atoms with Gasteiger partial charge in [-0.2, -0.15) is 5.10 Å². The van der Waals surface area contributed by atoms with Crippen LogP contribution < -0.4 is 5.73 Å². The number of pyridine rings is 1. The molecule has 4 nitrogen and oxygen atoms in total. The van der Waals surface area contributed by atoms with E-state index >= 15 is 0 Å². The highest BCUT2D eigenvalue weighted by atomic mass is 15.1. The lowest BCUT2D eigenvalue weighted by Crippen LogP contribution is -1.95. The average Bonchev–Trinajstić information content (AvgIpc) is 2.63. The molecule has 2 aromatic heterocycles. The van der Waals surface area contributed by atoms with Crippen LogP contribution in [0, 0.1) is 11.8 Å². The maximum absolute atomic E-state index is 5.34. The van der Waals surface area contributed by atoms with Gasteiger partial charge in [-0.1, -0.05) is 5.92 Å². The van der Waals surface area contributed by atoms with Gasteiger partial charge in [-0.15, -0.1) is 0 Å². The van der Waals surface area contributed by atoms with E-state index in [1.165, 1.54) is 0 Å². The van der Waals surface area contributed by atoms with Gasteiger partial charge in [-0.3, -0.25) is 5.10 Å². The number of fused-ring (bicyclic) bond motifs is 1. The lowest BCUT2D eigenvalue weighted by molar-refractivity contribution is 1.03. The molecule has 0 atom stereocenters. The van der Waals surface area contributed by atoms with Crippen LogP contribution in [0.15, 0.2) is 18.3 Å². The summed E-state index contributed by atoms with van der Waals surface area (Å²) in [5.74, 6) is 5.94. The van der Waals surface area contributed by atoms with Crippen LogP contribution in [0.4, 0.5) is 0 Å². The number of aromatic amines is 1. The molecule has 0 aliphatic heterocycles. The zero-order valence-corrected chi connectivity index (χ0v) is 7.62. The molecule has 0 unspecified atom stereocenters. The van der Waals surface area contributed by atoms with Crippen molar-refractivity contribution in [3.05, 3.63) is 24.0 Å². The zero-order valence-electron chi connectivity index (χ0n) is 7.62. The number of nitrogens with one attached hydrogen (secondary N) is 1. The Morgan fingerprint density at radius 2 is 2.43 bits per heavy atom. The summed E-state index contributed by atoms with van der Waals surface area (Å²) >= 11 is 0. The number of rotatable bonds is 1.